The van der Waals surface area contributed by atoms with Crippen LogP contribution in [0.1, 0.15) is 48.7 Å². The molecule has 2 aliphatic rings. The Hall–Kier alpha value is -1.96. The highest BCUT2D eigenvalue weighted by atomic mass is 16.5. The van der Waals surface area contributed by atoms with E-state index in [0.29, 0.717) is 18.9 Å². The first-order valence-electron chi connectivity index (χ1n) is 7.09. The standard InChI is InChI=1S/C13H18N4O4/c1-13(12(19)20)4-6-17(7-13)11(18)9-15-10(21-16-9)8-3-2-5-14-8/h8,14H,2-7H2,1H3,(H,19,20). The van der Waals surface area contributed by atoms with Crippen LogP contribution in [0, 0.1) is 5.41 Å². The lowest BCUT2D eigenvalue weighted by Gasteiger charge is -2.18. The maximum Gasteiger partial charge on any atom is 0.311 e. The molecule has 2 fully saturated rings. The minimum absolute atomic E-state index is 0.00772. The Morgan fingerprint density at radius 2 is 2.33 bits per heavy atom. The number of carbonyl (C=O) groups is 2. The van der Waals surface area contributed by atoms with Gasteiger partial charge in [0, 0.05) is 13.1 Å². The van der Waals surface area contributed by atoms with E-state index in [1.807, 2.05) is 0 Å². The minimum Gasteiger partial charge on any atom is -0.481 e. The molecule has 0 aromatic carbocycles. The van der Waals surface area contributed by atoms with Crippen LogP contribution in [0.3, 0.4) is 0 Å². The lowest BCUT2D eigenvalue weighted by molar-refractivity contribution is -0.147. The van der Waals surface area contributed by atoms with Crippen molar-refractivity contribution in [3.05, 3.63) is 11.7 Å². The first kappa shape index (κ1) is 14.0. The zero-order valence-corrected chi connectivity index (χ0v) is 11.8. The molecule has 0 spiro atoms. The molecule has 8 heteroatoms. The summed E-state index contributed by atoms with van der Waals surface area (Å²) in [6, 6.07) is 0.0157. The SMILES string of the molecule is CC1(C(=O)O)CCN(C(=O)c2noc(C3CCCN3)n2)C1. The second-order valence-electron chi connectivity index (χ2n) is 5.95. The monoisotopic (exact) mass is 294 g/mol. The van der Waals surface area contributed by atoms with Gasteiger partial charge in [-0.25, -0.2) is 0 Å². The Balaban J connectivity index is 1.70. The quantitative estimate of drug-likeness (QED) is 0.832. The normalized spacial score (nSPS) is 29.0. The summed E-state index contributed by atoms with van der Waals surface area (Å²) in [6.07, 6.45) is 2.39. The maximum atomic E-state index is 12.3. The van der Waals surface area contributed by atoms with Gasteiger partial charge >= 0.3 is 5.97 Å². The number of hydrogen-bond acceptors (Lipinski definition) is 6. The van der Waals surface area contributed by atoms with Gasteiger partial charge in [-0.15, -0.1) is 0 Å². The third-order valence-electron chi connectivity index (χ3n) is 4.27. The van der Waals surface area contributed by atoms with E-state index in [1.54, 1.807) is 6.92 Å². The van der Waals surface area contributed by atoms with Crippen LogP contribution in [0.4, 0.5) is 0 Å². The van der Waals surface area contributed by atoms with Crippen LogP contribution in [-0.4, -0.2) is 51.7 Å². The topological polar surface area (TPSA) is 109 Å². The van der Waals surface area contributed by atoms with Crippen LogP contribution in [0.15, 0.2) is 4.52 Å². The Morgan fingerprint density at radius 1 is 1.52 bits per heavy atom. The summed E-state index contributed by atoms with van der Waals surface area (Å²) in [5, 5.41) is 16.2. The van der Waals surface area contributed by atoms with E-state index in [9.17, 15) is 14.7 Å². The van der Waals surface area contributed by atoms with Crippen molar-refractivity contribution < 1.29 is 19.2 Å². The van der Waals surface area contributed by atoms with Crippen LogP contribution in [0.25, 0.3) is 0 Å². The summed E-state index contributed by atoms with van der Waals surface area (Å²) in [7, 11) is 0. The maximum absolute atomic E-state index is 12.3. The number of carboxylic acid groups (broad SMARTS) is 1. The molecule has 2 N–H and O–H groups in total. The highest BCUT2D eigenvalue weighted by Gasteiger charge is 2.43. The average Bonchev–Trinajstić information content (AvgIpc) is 3.18. The van der Waals surface area contributed by atoms with Gasteiger partial charge in [0.1, 0.15) is 0 Å². The number of aliphatic carboxylic acids is 1. The number of nitrogens with zero attached hydrogens (tertiary/aromatic N) is 3. The number of amides is 1. The molecule has 3 rings (SSSR count). The number of carboxylic acids is 1. The number of carbonyl (C=O) groups excluding carboxylic acids is 1. The van der Waals surface area contributed by atoms with Crippen molar-refractivity contribution in [2.75, 3.05) is 19.6 Å². The van der Waals surface area contributed by atoms with Crippen molar-refractivity contribution >= 4 is 11.9 Å². The van der Waals surface area contributed by atoms with Crippen LogP contribution < -0.4 is 5.32 Å². The predicted molar refractivity (Wildman–Crippen MR) is 70.5 cm³/mol. The highest BCUT2D eigenvalue weighted by molar-refractivity contribution is 5.91. The molecule has 2 aliphatic heterocycles. The van der Waals surface area contributed by atoms with E-state index >= 15 is 0 Å². The zero-order valence-electron chi connectivity index (χ0n) is 11.8. The third-order valence-corrected chi connectivity index (χ3v) is 4.27. The smallest absolute Gasteiger partial charge is 0.311 e. The van der Waals surface area contributed by atoms with E-state index < -0.39 is 11.4 Å². The molecule has 0 radical (unpaired) electrons. The Morgan fingerprint density at radius 3 is 2.95 bits per heavy atom. The van der Waals surface area contributed by atoms with Crippen LogP contribution >= 0.6 is 0 Å². The van der Waals surface area contributed by atoms with E-state index in [1.165, 1.54) is 4.90 Å². The number of nitrogens with one attached hydrogen (secondary N) is 1. The Kier molecular flexibility index (Phi) is 3.40. The van der Waals surface area contributed by atoms with Gasteiger partial charge in [0.25, 0.3) is 11.7 Å². The Bertz CT molecular complexity index is 566. The van der Waals surface area contributed by atoms with Gasteiger partial charge in [0.05, 0.1) is 11.5 Å². The van der Waals surface area contributed by atoms with E-state index in [0.717, 1.165) is 19.4 Å². The fourth-order valence-corrected chi connectivity index (χ4v) is 2.81. The summed E-state index contributed by atoms with van der Waals surface area (Å²) in [6.45, 7) is 3.12. The molecule has 114 valence electrons. The molecule has 2 saturated heterocycles. The fourth-order valence-electron chi connectivity index (χ4n) is 2.81. The van der Waals surface area contributed by atoms with Gasteiger partial charge in [-0.3, -0.25) is 9.59 Å². The van der Waals surface area contributed by atoms with Crippen molar-refractivity contribution in [1.29, 1.82) is 0 Å². The summed E-state index contributed by atoms with van der Waals surface area (Å²) in [5.41, 5.74) is -0.894. The molecule has 1 amide bonds. The number of rotatable bonds is 3. The zero-order chi connectivity index (χ0) is 15.0. The molecule has 21 heavy (non-hydrogen) atoms. The number of likely N-dealkylation sites (tertiary alicyclic amines) is 1. The first-order chi connectivity index (χ1) is 9.99. The van der Waals surface area contributed by atoms with E-state index in [2.05, 4.69) is 15.5 Å². The van der Waals surface area contributed by atoms with E-state index in [-0.39, 0.29) is 24.3 Å². The van der Waals surface area contributed by atoms with Gasteiger partial charge in [0.15, 0.2) is 0 Å². The average molecular weight is 294 g/mol. The second kappa shape index (κ2) is 5.10. The molecule has 0 saturated carbocycles. The van der Waals surface area contributed by atoms with Gasteiger partial charge in [-0.2, -0.15) is 4.98 Å². The fraction of sp³-hybridized carbons (Fsp3) is 0.692. The van der Waals surface area contributed by atoms with Crippen LogP contribution in [-0.2, 0) is 4.79 Å². The second-order valence-corrected chi connectivity index (χ2v) is 5.95. The summed E-state index contributed by atoms with van der Waals surface area (Å²) >= 11 is 0. The van der Waals surface area contributed by atoms with Crippen molar-refractivity contribution in [2.24, 2.45) is 5.41 Å². The highest BCUT2D eigenvalue weighted by Crippen LogP contribution is 2.31. The van der Waals surface area contributed by atoms with E-state index in [4.69, 9.17) is 4.52 Å². The Labute approximate surface area is 121 Å². The minimum atomic E-state index is -0.894. The van der Waals surface area contributed by atoms with Crippen LogP contribution in [0.5, 0.6) is 0 Å². The lowest BCUT2D eigenvalue weighted by Crippen LogP contribution is -2.35. The van der Waals surface area contributed by atoms with Gasteiger partial charge in [0.2, 0.25) is 5.89 Å². The summed E-state index contributed by atoms with van der Waals surface area (Å²) in [5.74, 6) is -0.820. The van der Waals surface area contributed by atoms with Crippen molar-refractivity contribution in [3.8, 4) is 0 Å². The number of aromatic nitrogens is 2. The molecular formula is C13H18N4O4. The molecule has 3 heterocycles. The molecule has 0 bridgehead atoms. The molecule has 0 aliphatic carbocycles. The molecule has 1 aromatic heterocycles. The summed E-state index contributed by atoms with van der Waals surface area (Å²) < 4.78 is 5.14. The molecule has 2 atom stereocenters. The van der Waals surface area contributed by atoms with Gasteiger partial charge in [-0.05, 0) is 32.7 Å². The molecular weight excluding hydrogens is 276 g/mol. The van der Waals surface area contributed by atoms with Gasteiger partial charge in [-0.1, -0.05) is 5.16 Å². The molecule has 8 nitrogen and oxygen atoms in total. The summed E-state index contributed by atoms with van der Waals surface area (Å²) in [4.78, 5) is 29.2. The van der Waals surface area contributed by atoms with Crippen molar-refractivity contribution in [3.63, 3.8) is 0 Å². The molecule has 1 aromatic rings. The predicted octanol–water partition coefficient (Wildman–Crippen LogP) is 0.431. The molecule has 2 unspecified atom stereocenters. The largest absolute Gasteiger partial charge is 0.481 e. The van der Waals surface area contributed by atoms with Crippen molar-refractivity contribution in [1.82, 2.24) is 20.4 Å². The van der Waals surface area contributed by atoms with Crippen LogP contribution in [0.2, 0.25) is 0 Å². The van der Waals surface area contributed by atoms with Crippen molar-refractivity contribution in [2.45, 2.75) is 32.2 Å². The van der Waals surface area contributed by atoms with Gasteiger partial charge < -0.3 is 19.8 Å². The third kappa shape index (κ3) is 2.51. The lowest BCUT2D eigenvalue weighted by atomic mass is 9.90. The first-order valence-corrected chi connectivity index (χ1v) is 7.09. The number of hydrogen-bond donors (Lipinski definition) is 2.